The lowest BCUT2D eigenvalue weighted by Gasteiger charge is -2.44. The molecular formula is C30H41N3O11. The third-order valence-corrected chi connectivity index (χ3v) is 6.29. The highest BCUT2D eigenvalue weighted by atomic mass is 16.7. The molecule has 44 heavy (non-hydrogen) atoms. The van der Waals surface area contributed by atoms with E-state index >= 15 is 0 Å². The zero-order chi connectivity index (χ0) is 32.6. The number of carbonyl (C=O) groups is 6. The minimum atomic E-state index is -1.22. The fraction of sp³-hybridized carbons (Fsp3) is 0.533. The van der Waals surface area contributed by atoms with E-state index in [-0.39, 0.29) is 25.0 Å². The average molecular weight is 620 g/mol. The summed E-state index contributed by atoms with van der Waals surface area (Å²) < 4.78 is 27.9. The molecule has 1 aromatic rings. The lowest BCUT2D eigenvalue weighted by atomic mass is 9.96. The molecule has 3 amide bonds. The molecule has 2 rings (SSSR count). The van der Waals surface area contributed by atoms with Gasteiger partial charge in [0.15, 0.2) is 18.5 Å². The molecule has 14 nitrogen and oxygen atoms in total. The molecule has 1 fully saturated rings. The predicted octanol–water partition coefficient (Wildman–Crippen LogP) is 1.66. The molecule has 0 radical (unpaired) electrons. The zero-order valence-electron chi connectivity index (χ0n) is 25.4. The van der Waals surface area contributed by atoms with Crippen molar-refractivity contribution in [3.8, 4) is 0 Å². The molecular weight excluding hydrogens is 578 g/mol. The number of ether oxygens (including phenoxy) is 5. The van der Waals surface area contributed by atoms with Crippen molar-refractivity contribution in [3.05, 3.63) is 42.5 Å². The van der Waals surface area contributed by atoms with E-state index in [1.807, 2.05) is 0 Å². The molecule has 1 aliphatic rings. The monoisotopic (exact) mass is 619 g/mol. The number of anilines is 1. The third-order valence-electron chi connectivity index (χ3n) is 6.29. The quantitative estimate of drug-likeness (QED) is 0.106. The highest BCUT2D eigenvalue weighted by molar-refractivity contribution is 5.90. The van der Waals surface area contributed by atoms with Crippen LogP contribution in [0, 0.1) is 0 Å². The van der Waals surface area contributed by atoms with Crippen molar-refractivity contribution in [2.75, 3.05) is 18.5 Å². The van der Waals surface area contributed by atoms with E-state index in [0.717, 1.165) is 26.7 Å². The van der Waals surface area contributed by atoms with E-state index in [0.29, 0.717) is 30.6 Å². The number of rotatable bonds is 16. The smallest absolute Gasteiger partial charge is 0.303 e. The van der Waals surface area contributed by atoms with Gasteiger partial charge in [-0.15, -0.1) is 0 Å². The van der Waals surface area contributed by atoms with Gasteiger partial charge in [0.25, 0.3) is 0 Å². The molecule has 0 spiro atoms. The minimum Gasteiger partial charge on any atom is -0.463 e. The molecule has 1 aromatic carbocycles. The Hall–Kier alpha value is -4.30. The molecule has 1 heterocycles. The van der Waals surface area contributed by atoms with Crippen LogP contribution in [0.4, 0.5) is 5.69 Å². The van der Waals surface area contributed by atoms with Crippen LogP contribution in [0.2, 0.25) is 0 Å². The van der Waals surface area contributed by atoms with Crippen molar-refractivity contribution in [2.24, 2.45) is 0 Å². The van der Waals surface area contributed by atoms with Crippen LogP contribution in [-0.2, 0) is 59.1 Å². The number of carbonyl (C=O) groups excluding carboxylic acids is 6. The Kier molecular flexibility index (Phi) is 15.0. The maximum atomic E-state index is 12.3. The van der Waals surface area contributed by atoms with Gasteiger partial charge in [-0.2, -0.15) is 0 Å². The molecule has 1 aliphatic heterocycles. The summed E-state index contributed by atoms with van der Waals surface area (Å²) in [7, 11) is 0. The van der Waals surface area contributed by atoms with Crippen LogP contribution in [-0.4, -0.2) is 79.4 Å². The summed E-state index contributed by atoms with van der Waals surface area (Å²) in [5, 5.41) is 8.16. The molecule has 242 valence electrons. The maximum Gasteiger partial charge on any atom is 0.303 e. The Morgan fingerprint density at radius 3 is 2.14 bits per heavy atom. The summed E-state index contributed by atoms with van der Waals surface area (Å²) in [4.78, 5) is 70.9. The van der Waals surface area contributed by atoms with E-state index in [2.05, 4.69) is 22.5 Å². The second-order valence-electron chi connectivity index (χ2n) is 10.1. The highest BCUT2D eigenvalue weighted by Crippen LogP contribution is 2.28. The SMILES string of the molecule is C=CC(=O)NCCCCCC(=O)Nc1ccc(COC2O[C@H](COC(C)=O)[C@@H](OC(C)=O)[C@H](OC(C)=O)[C@H]2NC(C)=O)cc1. The van der Waals surface area contributed by atoms with E-state index in [9.17, 15) is 28.8 Å². The number of hydrogen-bond donors (Lipinski definition) is 3. The molecule has 0 aliphatic carbocycles. The molecule has 1 unspecified atom stereocenters. The van der Waals surface area contributed by atoms with Gasteiger partial charge in [0.2, 0.25) is 17.7 Å². The fourth-order valence-electron chi connectivity index (χ4n) is 4.39. The van der Waals surface area contributed by atoms with Gasteiger partial charge in [0, 0.05) is 46.3 Å². The van der Waals surface area contributed by atoms with Gasteiger partial charge in [-0.25, -0.2) is 0 Å². The van der Waals surface area contributed by atoms with Gasteiger partial charge >= 0.3 is 17.9 Å². The number of amides is 3. The summed E-state index contributed by atoms with van der Waals surface area (Å²) in [5.74, 6) is -2.87. The number of esters is 3. The molecule has 3 N–H and O–H groups in total. The summed E-state index contributed by atoms with van der Waals surface area (Å²) in [5.41, 5.74) is 1.28. The van der Waals surface area contributed by atoms with Crippen molar-refractivity contribution < 1.29 is 52.5 Å². The largest absolute Gasteiger partial charge is 0.463 e. The highest BCUT2D eigenvalue weighted by Gasteiger charge is 2.51. The minimum absolute atomic E-state index is 0.0112. The van der Waals surface area contributed by atoms with Gasteiger partial charge in [-0.05, 0) is 36.6 Å². The molecule has 0 aromatic heterocycles. The first-order valence-corrected chi connectivity index (χ1v) is 14.2. The summed E-state index contributed by atoms with van der Waals surface area (Å²) in [6, 6.07) is 5.80. The first kappa shape index (κ1) is 35.9. The molecule has 14 heteroatoms. The summed E-state index contributed by atoms with van der Waals surface area (Å²) in [6.45, 7) is 8.34. The summed E-state index contributed by atoms with van der Waals surface area (Å²) in [6.07, 6.45) is -0.955. The Labute approximate surface area is 256 Å². The van der Waals surface area contributed by atoms with Crippen molar-refractivity contribution >= 4 is 41.3 Å². The molecule has 0 bridgehead atoms. The van der Waals surface area contributed by atoms with Crippen molar-refractivity contribution in [3.63, 3.8) is 0 Å². The van der Waals surface area contributed by atoms with E-state index < -0.39 is 54.5 Å². The Morgan fingerprint density at radius 1 is 0.886 bits per heavy atom. The molecule has 1 saturated heterocycles. The summed E-state index contributed by atoms with van der Waals surface area (Å²) >= 11 is 0. The lowest BCUT2D eigenvalue weighted by Crippen LogP contribution is -2.66. The number of nitrogens with one attached hydrogen (secondary N) is 3. The van der Waals surface area contributed by atoms with E-state index in [1.165, 1.54) is 19.9 Å². The van der Waals surface area contributed by atoms with Crippen LogP contribution in [0.25, 0.3) is 0 Å². The topological polar surface area (TPSA) is 185 Å². The maximum absolute atomic E-state index is 12.3. The van der Waals surface area contributed by atoms with Gasteiger partial charge < -0.3 is 39.6 Å². The van der Waals surface area contributed by atoms with Crippen LogP contribution >= 0.6 is 0 Å². The molecule has 0 saturated carbocycles. The van der Waals surface area contributed by atoms with Crippen LogP contribution in [0.15, 0.2) is 36.9 Å². The standard InChI is InChI=1S/C30H41N3O11/c1-6-25(38)31-15-9-7-8-10-26(39)33-23-13-11-22(12-14-23)16-41-30-27(32-18(2)34)29(43-21(5)37)28(42-20(4)36)24(44-30)17-40-19(3)35/h6,11-14,24,27-30H,1,7-10,15-17H2,2-5H3,(H,31,38)(H,32,34)(H,33,39)/t24-,27-,28-,29-,30?/m1/s1. The second kappa shape index (κ2) is 18.4. The van der Waals surface area contributed by atoms with Gasteiger partial charge in [-0.1, -0.05) is 25.1 Å². The Balaban J connectivity index is 2.05. The van der Waals surface area contributed by atoms with Crippen LogP contribution in [0.3, 0.4) is 0 Å². The van der Waals surface area contributed by atoms with Crippen molar-refractivity contribution in [2.45, 2.75) is 90.6 Å². The number of unbranched alkanes of at least 4 members (excludes halogenated alkanes) is 2. The van der Waals surface area contributed by atoms with Crippen molar-refractivity contribution in [1.29, 1.82) is 0 Å². The predicted molar refractivity (Wildman–Crippen MR) is 156 cm³/mol. The zero-order valence-corrected chi connectivity index (χ0v) is 25.4. The van der Waals surface area contributed by atoms with Crippen LogP contribution in [0.5, 0.6) is 0 Å². The normalized spacial score (nSPS) is 20.9. The number of benzene rings is 1. The van der Waals surface area contributed by atoms with Crippen LogP contribution in [0.1, 0.15) is 58.9 Å². The average Bonchev–Trinajstić information content (AvgIpc) is 2.95. The Morgan fingerprint density at radius 2 is 1.55 bits per heavy atom. The third kappa shape index (κ3) is 12.9. The van der Waals surface area contributed by atoms with Gasteiger partial charge in [-0.3, -0.25) is 28.8 Å². The number of hydrogen-bond acceptors (Lipinski definition) is 11. The Bertz CT molecular complexity index is 1170. The first-order chi connectivity index (χ1) is 20.9. The van der Waals surface area contributed by atoms with Crippen molar-refractivity contribution in [1.82, 2.24) is 10.6 Å². The molecule has 5 atom stereocenters. The van der Waals surface area contributed by atoms with Gasteiger partial charge in [0.1, 0.15) is 18.8 Å². The van der Waals surface area contributed by atoms with E-state index in [1.54, 1.807) is 24.3 Å². The first-order valence-electron chi connectivity index (χ1n) is 14.2. The second-order valence-corrected chi connectivity index (χ2v) is 10.1. The van der Waals surface area contributed by atoms with Crippen LogP contribution < -0.4 is 16.0 Å². The van der Waals surface area contributed by atoms with E-state index in [4.69, 9.17) is 23.7 Å². The lowest BCUT2D eigenvalue weighted by molar-refractivity contribution is -0.280. The van der Waals surface area contributed by atoms with Gasteiger partial charge in [0.05, 0.1) is 6.61 Å². The fourth-order valence-corrected chi connectivity index (χ4v) is 4.39.